The highest BCUT2D eigenvalue weighted by atomic mass is 19.1. The van der Waals surface area contributed by atoms with Crippen molar-refractivity contribution in [2.75, 3.05) is 29.5 Å². The summed E-state index contributed by atoms with van der Waals surface area (Å²) in [7, 11) is 0. The third-order valence-electron chi connectivity index (χ3n) is 5.41. The second-order valence-corrected chi connectivity index (χ2v) is 7.14. The van der Waals surface area contributed by atoms with Gasteiger partial charge in [0.05, 0.1) is 17.9 Å². The number of nitrogens with zero attached hydrogens (tertiary/aromatic N) is 4. The van der Waals surface area contributed by atoms with Gasteiger partial charge >= 0.3 is 6.09 Å². The van der Waals surface area contributed by atoms with E-state index in [1.165, 1.54) is 23.3 Å². The maximum atomic E-state index is 13.1. The fraction of sp³-hybridized carbons (Fsp3) is 0.227. The van der Waals surface area contributed by atoms with Crippen molar-refractivity contribution >= 4 is 17.6 Å². The molecule has 0 bridgehead atoms. The van der Waals surface area contributed by atoms with Crippen LogP contribution in [0.15, 0.2) is 54.6 Å². The van der Waals surface area contributed by atoms with E-state index in [4.69, 9.17) is 4.74 Å². The summed E-state index contributed by atoms with van der Waals surface area (Å²) in [4.78, 5) is 15.9. The molecule has 6 nitrogen and oxygen atoms in total. The van der Waals surface area contributed by atoms with Crippen LogP contribution in [0.1, 0.15) is 11.1 Å². The molecule has 1 aromatic heterocycles. The zero-order valence-corrected chi connectivity index (χ0v) is 15.7. The van der Waals surface area contributed by atoms with Crippen molar-refractivity contribution in [2.45, 2.75) is 13.0 Å². The van der Waals surface area contributed by atoms with Crippen LogP contribution in [-0.2, 0) is 17.7 Å². The highest BCUT2D eigenvalue weighted by molar-refractivity contribution is 5.90. The lowest BCUT2D eigenvalue weighted by Crippen LogP contribution is -2.33. The van der Waals surface area contributed by atoms with Crippen molar-refractivity contribution in [1.29, 1.82) is 0 Å². The van der Waals surface area contributed by atoms with Gasteiger partial charge in [0.2, 0.25) is 0 Å². The Labute approximate surface area is 167 Å². The lowest BCUT2D eigenvalue weighted by atomic mass is 9.97. The first-order chi connectivity index (χ1) is 14.2. The summed E-state index contributed by atoms with van der Waals surface area (Å²) < 4.78 is 18.2. The Morgan fingerprint density at radius 3 is 2.55 bits per heavy atom. The van der Waals surface area contributed by atoms with Crippen LogP contribution in [0.3, 0.4) is 0 Å². The molecule has 0 atom stereocenters. The van der Waals surface area contributed by atoms with Gasteiger partial charge in [0.15, 0.2) is 5.82 Å². The van der Waals surface area contributed by atoms with Crippen molar-refractivity contribution < 1.29 is 13.9 Å². The SMILES string of the molecule is O=C1OCCN1c1cccc2c1CCN(c1ccc(-c3ccc(F)cc3)nn1)C2. The minimum Gasteiger partial charge on any atom is -0.447 e. The molecule has 2 aliphatic heterocycles. The van der Waals surface area contributed by atoms with Gasteiger partial charge in [-0.15, -0.1) is 10.2 Å². The third-order valence-corrected chi connectivity index (χ3v) is 5.41. The maximum Gasteiger partial charge on any atom is 0.414 e. The highest BCUT2D eigenvalue weighted by Crippen LogP contribution is 2.32. The standard InChI is InChI=1S/C22H19FN4O2/c23-17-6-4-15(5-7-17)19-8-9-21(25-24-19)26-11-10-18-16(14-26)2-1-3-20(18)27-12-13-29-22(27)28/h1-9H,10-14H2. The summed E-state index contributed by atoms with van der Waals surface area (Å²) in [5.41, 5.74) is 4.86. The van der Waals surface area contributed by atoms with Gasteiger partial charge in [-0.2, -0.15) is 0 Å². The fourth-order valence-corrected chi connectivity index (χ4v) is 3.92. The second-order valence-electron chi connectivity index (χ2n) is 7.14. The van der Waals surface area contributed by atoms with E-state index < -0.39 is 0 Å². The van der Waals surface area contributed by atoms with Crippen LogP contribution in [-0.4, -0.2) is 36.0 Å². The van der Waals surface area contributed by atoms with Crippen molar-refractivity contribution in [2.24, 2.45) is 0 Å². The Hall–Kier alpha value is -3.48. The average molecular weight is 390 g/mol. The summed E-state index contributed by atoms with van der Waals surface area (Å²) in [6.07, 6.45) is 0.541. The Morgan fingerprint density at radius 1 is 0.966 bits per heavy atom. The number of hydrogen-bond donors (Lipinski definition) is 0. The number of cyclic esters (lactones) is 1. The number of halogens is 1. The molecule has 5 rings (SSSR count). The molecule has 3 aromatic rings. The first kappa shape index (κ1) is 17.6. The summed E-state index contributed by atoms with van der Waals surface area (Å²) in [5, 5.41) is 8.70. The summed E-state index contributed by atoms with van der Waals surface area (Å²) in [6, 6.07) is 16.1. The quantitative estimate of drug-likeness (QED) is 0.681. The van der Waals surface area contributed by atoms with E-state index in [1.807, 2.05) is 24.3 Å². The van der Waals surface area contributed by atoms with E-state index in [1.54, 1.807) is 17.0 Å². The van der Waals surface area contributed by atoms with E-state index in [-0.39, 0.29) is 11.9 Å². The van der Waals surface area contributed by atoms with Crippen molar-refractivity contribution in [1.82, 2.24) is 10.2 Å². The fourth-order valence-electron chi connectivity index (χ4n) is 3.92. The van der Waals surface area contributed by atoms with Gasteiger partial charge in [0.1, 0.15) is 12.4 Å². The molecular formula is C22H19FN4O2. The number of amides is 1. The van der Waals surface area contributed by atoms with Gasteiger partial charge in [-0.25, -0.2) is 9.18 Å². The number of carbonyl (C=O) groups excluding carboxylic acids is 1. The molecule has 2 aliphatic rings. The lowest BCUT2D eigenvalue weighted by molar-refractivity contribution is 0.181. The number of fused-ring (bicyclic) bond motifs is 1. The molecule has 0 aliphatic carbocycles. The molecule has 7 heteroatoms. The number of ether oxygens (including phenoxy) is 1. The molecule has 0 saturated carbocycles. The number of aromatic nitrogens is 2. The largest absolute Gasteiger partial charge is 0.447 e. The number of benzene rings is 2. The Kier molecular flexibility index (Phi) is 4.35. The topological polar surface area (TPSA) is 58.6 Å². The van der Waals surface area contributed by atoms with E-state index in [0.717, 1.165) is 30.0 Å². The van der Waals surface area contributed by atoms with Gasteiger partial charge < -0.3 is 9.64 Å². The number of carbonyl (C=O) groups is 1. The number of anilines is 2. The molecule has 2 aromatic carbocycles. The molecular weight excluding hydrogens is 371 g/mol. The van der Waals surface area contributed by atoms with E-state index in [9.17, 15) is 9.18 Å². The van der Waals surface area contributed by atoms with Crippen LogP contribution in [0.2, 0.25) is 0 Å². The first-order valence-electron chi connectivity index (χ1n) is 9.59. The van der Waals surface area contributed by atoms with Crippen LogP contribution in [0.4, 0.5) is 20.7 Å². The summed E-state index contributed by atoms with van der Waals surface area (Å²) in [5.74, 6) is 0.527. The van der Waals surface area contributed by atoms with Crippen molar-refractivity contribution in [3.63, 3.8) is 0 Å². The predicted octanol–water partition coefficient (Wildman–Crippen LogP) is 3.80. The third kappa shape index (κ3) is 3.29. The minimum absolute atomic E-state index is 0.271. The van der Waals surface area contributed by atoms with E-state index >= 15 is 0 Å². The van der Waals surface area contributed by atoms with Crippen LogP contribution in [0.25, 0.3) is 11.3 Å². The second kappa shape index (κ2) is 7.16. The minimum atomic E-state index is -0.275. The smallest absolute Gasteiger partial charge is 0.414 e. The Morgan fingerprint density at radius 2 is 1.83 bits per heavy atom. The zero-order chi connectivity index (χ0) is 19.8. The normalized spacial score (nSPS) is 16.0. The lowest BCUT2D eigenvalue weighted by Gasteiger charge is -2.31. The first-order valence-corrected chi connectivity index (χ1v) is 9.59. The predicted molar refractivity (Wildman–Crippen MR) is 107 cm³/mol. The molecule has 1 amide bonds. The zero-order valence-electron chi connectivity index (χ0n) is 15.7. The van der Waals surface area contributed by atoms with Gasteiger partial charge in [-0.1, -0.05) is 12.1 Å². The molecule has 0 spiro atoms. The Bertz CT molecular complexity index is 1050. The molecule has 0 N–H and O–H groups in total. The molecule has 1 fully saturated rings. The molecule has 1 saturated heterocycles. The van der Waals surface area contributed by atoms with Crippen molar-refractivity contribution in [3.8, 4) is 11.3 Å². The maximum absolute atomic E-state index is 13.1. The van der Waals surface area contributed by atoms with E-state index in [0.29, 0.717) is 25.4 Å². The summed E-state index contributed by atoms with van der Waals surface area (Å²) >= 11 is 0. The van der Waals surface area contributed by atoms with Crippen LogP contribution in [0, 0.1) is 5.82 Å². The monoisotopic (exact) mass is 390 g/mol. The van der Waals surface area contributed by atoms with Crippen LogP contribution in [0.5, 0.6) is 0 Å². The van der Waals surface area contributed by atoms with Crippen LogP contribution < -0.4 is 9.80 Å². The molecule has 146 valence electrons. The molecule has 29 heavy (non-hydrogen) atoms. The van der Waals surface area contributed by atoms with Gasteiger partial charge in [0.25, 0.3) is 0 Å². The molecule has 0 unspecified atom stereocenters. The highest BCUT2D eigenvalue weighted by Gasteiger charge is 2.28. The number of hydrogen-bond acceptors (Lipinski definition) is 5. The van der Waals surface area contributed by atoms with Crippen molar-refractivity contribution in [3.05, 3.63) is 71.5 Å². The summed E-state index contributed by atoms with van der Waals surface area (Å²) in [6.45, 7) is 2.52. The van der Waals surface area contributed by atoms with Gasteiger partial charge in [-0.3, -0.25) is 4.90 Å². The van der Waals surface area contributed by atoms with Gasteiger partial charge in [0, 0.05) is 18.7 Å². The van der Waals surface area contributed by atoms with Crippen LogP contribution >= 0.6 is 0 Å². The van der Waals surface area contributed by atoms with Gasteiger partial charge in [-0.05, 0) is 60.0 Å². The van der Waals surface area contributed by atoms with E-state index in [2.05, 4.69) is 21.2 Å². The molecule has 0 radical (unpaired) electrons. The number of rotatable bonds is 3. The molecule has 3 heterocycles. The average Bonchev–Trinajstić information content (AvgIpc) is 3.19. The Balaban J connectivity index is 1.37.